The second-order valence-corrected chi connectivity index (χ2v) is 4.41. The van der Waals surface area contributed by atoms with Crippen LogP contribution in [-0.4, -0.2) is 17.7 Å². The van der Waals surface area contributed by atoms with Crippen LogP contribution in [0.4, 0.5) is 5.69 Å². The average Bonchev–Trinajstić information content (AvgIpc) is 2.48. The van der Waals surface area contributed by atoms with Crippen LogP contribution in [0.1, 0.15) is 22.8 Å². The van der Waals surface area contributed by atoms with Gasteiger partial charge in [-0.2, -0.15) is 5.06 Å². The Kier molecular flexibility index (Phi) is 4.38. The number of amides is 1. The monoisotopic (exact) mass is 271 g/mol. The number of nitrogens with zero attached hydrogens (tertiary/aromatic N) is 1. The number of ether oxygens (including phenoxy) is 1. The predicted octanol–water partition coefficient (Wildman–Crippen LogP) is 3.43. The number of hydrogen-bond donors (Lipinski definition) is 1. The van der Waals surface area contributed by atoms with Crippen molar-refractivity contribution >= 4 is 11.6 Å². The van der Waals surface area contributed by atoms with Gasteiger partial charge in [-0.25, -0.2) is 0 Å². The number of carbonyl (C=O) groups excluding carboxylic acids is 1. The van der Waals surface area contributed by atoms with Gasteiger partial charge in [0.15, 0.2) is 0 Å². The van der Waals surface area contributed by atoms with E-state index in [1.807, 2.05) is 26.0 Å². The Morgan fingerprint density at radius 3 is 2.25 bits per heavy atom. The van der Waals surface area contributed by atoms with Gasteiger partial charge >= 0.3 is 0 Å². The topological polar surface area (TPSA) is 49.8 Å². The molecule has 0 fully saturated rings. The summed E-state index contributed by atoms with van der Waals surface area (Å²) in [5.74, 6) is 0.223. The van der Waals surface area contributed by atoms with Gasteiger partial charge in [-0.05, 0) is 50.2 Å². The maximum Gasteiger partial charge on any atom is 0.281 e. The standard InChI is InChI=1S/C16H17NO3/c1-3-20-15-10-6-13(7-11-15)16(18)17(19)14-8-4-12(2)5-9-14/h4-11,19H,3H2,1-2H3. The number of hydrogen-bond acceptors (Lipinski definition) is 3. The third-order valence-electron chi connectivity index (χ3n) is 2.88. The van der Waals surface area contributed by atoms with E-state index in [-0.39, 0.29) is 0 Å². The molecule has 0 unspecified atom stereocenters. The largest absolute Gasteiger partial charge is 0.494 e. The first-order chi connectivity index (χ1) is 9.61. The lowest BCUT2D eigenvalue weighted by atomic mass is 10.2. The zero-order chi connectivity index (χ0) is 14.5. The summed E-state index contributed by atoms with van der Waals surface area (Å²) in [4.78, 5) is 12.1. The average molecular weight is 271 g/mol. The van der Waals surface area contributed by atoms with Crippen LogP contribution in [0.5, 0.6) is 5.75 Å². The van der Waals surface area contributed by atoms with Crippen LogP contribution in [0, 0.1) is 6.92 Å². The summed E-state index contributed by atoms with van der Waals surface area (Å²) in [7, 11) is 0. The molecule has 0 aliphatic carbocycles. The summed E-state index contributed by atoms with van der Waals surface area (Å²) in [6.07, 6.45) is 0. The van der Waals surface area contributed by atoms with Crippen molar-refractivity contribution in [1.29, 1.82) is 0 Å². The van der Waals surface area contributed by atoms with E-state index < -0.39 is 5.91 Å². The summed E-state index contributed by atoms with van der Waals surface area (Å²) >= 11 is 0. The van der Waals surface area contributed by atoms with Gasteiger partial charge in [0.25, 0.3) is 5.91 Å². The van der Waals surface area contributed by atoms with Crippen LogP contribution in [0.15, 0.2) is 48.5 Å². The fourth-order valence-electron chi connectivity index (χ4n) is 1.79. The number of aryl methyl sites for hydroxylation is 1. The van der Waals surface area contributed by atoms with Crippen LogP contribution in [-0.2, 0) is 0 Å². The van der Waals surface area contributed by atoms with Crippen LogP contribution in [0.2, 0.25) is 0 Å². The van der Waals surface area contributed by atoms with Gasteiger partial charge in [0.2, 0.25) is 0 Å². The summed E-state index contributed by atoms with van der Waals surface area (Å²) in [6, 6.07) is 13.7. The second kappa shape index (κ2) is 6.21. The van der Waals surface area contributed by atoms with Crippen LogP contribution in [0.3, 0.4) is 0 Å². The molecule has 0 aromatic heterocycles. The zero-order valence-electron chi connectivity index (χ0n) is 11.5. The van der Waals surface area contributed by atoms with E-state index >= 15 is 0 Å². The summed E-state index contributed by atoms with van der Waals surface area (Å²) in [5.41, 5.74) is 1.90. The molecule has 1 N–H and O–H groups in total. The number of benzene rings is 2. The summed E-state index contributed by atoms with van der Waals surface area (Å²) in [6.45, 7) is 4.41. The predicted molar refractivity (Wildman–Crippen MR) is 77.4 cm³/mol. The minimum absolute atomic E-state index is 0.400. The molecule has 0 aliphatic rings. The first-order valence-corrected chi connectivity index (χ1v) is 6.44. The quantitative estimate of drug-likeness (QED) is 0.684. The Bertz CT molecular complexity index is 576. The Hall–Kier alpha value is -2.33. The van der Waals surface area contributed by atoms with Gasteiger partial charge in [-0.3, -0.25) is 10.0 Å². The van der Waals surface area contributed by atoms with Crippen LogP contribution >= 0.6 is 0 Å². The molecule has 0 spiro atoms. The Balaban J connectivity index is 2.15. The van der Waals surface area contributed by atoms with Gasteiger partial charge in [-0.1, -0.05) is 17.7 Å². The minimum atomic E-state index is -0.475. The van der Waals surface area contributed by atoms with E-state index in [4.69, 9.17) is 4.74 Å². The lowest BCUT2D eigenvalue weighted by molar-refractivity contribution is 0.0854. The molecule has 4 nitrogen and oxygen atoms in total. The molecule has 0 bridgehead atoms. The number of rotatable bonds is 4. The van der Waals surface area contributed by atoms with Crippen molar-refractivity contribution in [3.8, 4) is 5.75 Å². The maximum atomic E-state index is 12.1. The molecule has 0 aliphatic heterocycles. The molecule has 0 saturated carbocycles. The summed E-state index contributed by atoms with van der Waals surface area (Å²) in [5, 5.41) is 10.6. The maximum absolute atomic E-state index is 12.1. The summed E-state index contributed by atoms with van der Waals surface area (Å²) < 4.78 is 5.31. The molecule has 104 valence electrons. The molecule has 2 aromatic rings. The molecule has 2 rings (SSSR count). The van der Waals surface area contributed by atoms with E-state index in [9.17, 15) is 10.0 Å². The van der Waals surface area contributed by atoms with Gasteiger partial charge in [0, 0.05) is 5.56 Å². The van der Waals surface area contributed by atoms with Crippen molar-refractivity contribution in [3.05, 3.63) is 59.7 Å². The highest BCUT2D eigenvalue weighted by Gasteiger charge is 2.15. The first-order valence-electron chi connectivity index (χ1n) is 6.44. The first kappa shape index (κ1) is 14.1. The molecule has 2 aromatic carbocycles. The second-order valence-electron chi connectivity index (χ2n) is 4.41. The lowest BCUT2D eigenvalue weighted by Crippen LogP contribution is -2.26. The highest BCUT2D eigenvalue weighted by atomic mass is 16.5. The number of hydroxylamine groups is 1. The van der Waals surface area contributed by atoms with Crippen LogP contribution < -0.4 is 9.80 Å². The van der Waals surface area contributed by atoms with E-state index in [1.165, 1.54) is 0 Å². The van der Waals surface area contributed by atoms with Crippen LogP contribution in [0.25, 0.3) is 0 Å². The van der Waals surface area contributed by atoms with Crippen molar-refractivity contribution in [1.82, 2.24) is 0 Å². The van der Waals surface area contributed by atoms with Gasteiger partial charge < -0.3 is 4.74 Å². The van der Waals surface area contributed by atoms with Gasteiger partial charge in [0.05, 0.1) is 12.3 Å². The molecule has 20 heavy (non-hydrogen) atoms. The molecular weight excluding hydrogens is 254 g/mol. The third kappa shape index (κ3) is 3.16. The van der Waals surface area contributed by atoms with E-state index in [1.54, 1.807) is 36.4 Å². The number of carbonyl (C=O) groups is 1. The van der Waals surface area contributed by atoms with Crippen molar-refractivity contribution < 1.29 is 14.7 Å². The molecular formula is C16H17NO3. The molecule has 0 radical (unpaired) electrons. The molecule has 0 atom stereocenters. The normalized spacial score (nSPS) is 10.2. The SMILES string of the molecule is CCOc1ccc(C(=O)N(O)c2ccc(C)cc2)cc1. The number of anilines is 1. The third-order valence-corrected chi connectivity index (χ3v) is 2.88. The Morgan fingerprint density at radius 2 is 1.70 bits per heavy atom. The smallest absolute Gasteiger partial charge is 0.281 e. The van der Waals surface area contributed by atoms with Gasteiger partial charge in [-0.15, -0.1) is 0 Å². The van der Waals surface area contributed by atoms with Crippen molar-refractivity contribution in [2.45, 2.75) is 13.8 Å². The van der Waals surface area contributed by atoms with E-state index in [2.05, 4.69) is 0 Å². The Labute approximate surface area is 118 Å². The molecule has 4 heteroatoms. The lowest BCUT2D eigenvalue weighted by Gasteiger charge is -2.15. The van der Waals surface area contributed by atoms with Crippen molar-refractivity contribution in [2.75, 3.05) is 11.7 Å². The molecule has 0 heterocycles. The van der Waals surface area contributed by atoms with Crippen molar-refractivity contribution in [3.63, 3.8) is 0 Å². The Morgan fingerprint density at radius 1 is 1.10 bits per heavy atom. The fourth-order valence-corrected chi connectivity index (χ4v) is 1.79. The van der Waals surface area contributed by atoms with Crippen molar-refractivity contribution in [2.24, 2.45) is 0 Å². The minimum Gasteiger partial charge on any atom is -0.494 e. The van der Waals surface area contributed by atoms with E-state index in [0.717, 1.165) is 5.56 Å². The highest BCUT2D eigenvalue weighted by molar-refractivity contribution is 6.04. The van der Waals surface area contributed by atoms with E-state index in [0.29, 0.717) is 28.7 Å². The highest BCUT2D eigenvalue weighted by Crippen LogP contribution is 2.18. The molecule has 1 amide bonds. The fraction of sp³-hybridized carbons (Fsp3) is 0.188. The van der Waals surface area contributed by atoms with Gasteiger partial charge in [0.1, 0.15) is 5.75 Å². The molecule has 0 saturated heterocycles. The zero-order valence-corrected chi connectivity index (χ0v) is 11.5.